The van der Waals surface area contributed by atoms with Crippen LogP contribution in [0.4, 0.5) is 10.5 Å². The maximum Gasteiger partial charge on any atom is 0.412 e. The van der Waals surface area contributed by atoms with Gasteiger partial charge in [-0.25, -0.2) is 4.79 Å². The number of hydrogen-bond donors (Lipinski definition) is 2. The Balaban J connectivity index is 1.83. The van der Waals surface area contributed by atoms with E-state index in [-0.39, 0.29) is 5.91 Å². The average molecular weight is 324 g/mol. The van der Waals surface area contributed by atoms with Crippen molar-refractivity contribution in [3.63, 3.8) is 0 Å². The van der Waals surface area contributed by atoms with E-state index < -0.39 is 6.09 Å². The highest BCUT2D eigenvalue weighted by Crippen LogP contribution is 2.18. The third-order valence-electron chi connectivity index (χ3n) is 3.22. The van der Waals surface area contributed by atoms with Crippen molar-refractivity contribution >= 4 is 17.7 Å². The second-order valence-corrected chi connectivity index (χ2v) is 5.31. The SMILES string of the molecule is C=C(C)C(=O)Nc1cccc(OC(=O)NCCc2ccccc2)c1. The van der Waals surface area contributed by atoms with Crippen LogP contribution in [0.25, 0.3) is 0 Å². The summed E-state index contributed by atoms with van der Waals surface area (Å²) in [5.41, 5.74) is 2.08. The molecule has 0 unspecified atom stereocenters. The van der Waals surface area contributed by atoms with Crippen LogP contribution in [-0.4, -0.2) is 18.5 Å². The highest BCUT2D eigenvalue weighted by molar-refractivity contribution is 6.02. The third-order valence-corrected chi connectivity index (χ3v) is 3.22. The fourth-order valence-corrected chi connectivity index (χ4v) is 1.97. The Kier molecular flexibility index (Phi) is 6.14. The summed E-state index contributed by atoms with van der Waals surface area (Å²) in [7, 11) is 0. The quantitative estimate of drug-likeness (QED) is 0.799. The predicted octanol–water partition coefficient (Wildman–Crippen LogP) is 3.53. The normalized spacial score (nSPS) is 9.88. The number of ether oxygens (including phenoxy) is 1. The minimum Gasteiger partial charge on any atom is -0.410 e. The first kappa shape index (κ1) is 17.3. The second kappa shape index (κ2) is 8.53. The van der Waals surface area contributed by atoms with Gasteiger partial charge in [0.05, 0.1) is 0 Å². The van der Waals surface area contributed by atoms with E-state index in [9.17, 15) is 9.59 Å². The third kappa shape index (κ3) is 5.61. The summed E-state index contributed by atoms with van der Waals surface area (Å²) in [6, 6.07) is 16.5. The molecule has 124 valence electrons. The van der Waals surface area contributed by atoms with E-state index in [4.69, 9.17) is 4.74 Å². The molecule has 0 bridgehead atoms. The van der Waals surface area contributed by atoms with Crippen molar-refractivity contribution in [2.24, 2.45) is 0 Å². The Hall–Kier alpha value is -3.08. The molecule has 0 aliphatic heterocycles. The molecule has 5 nitrogen and oxygen atoms in total. The highest BCUT2D eigenvalue weighted by atomic mass is 16.6. The van der Waals surface area contributed by atoms with Crippen LogP contribution in [0.5, 0.6) is 5.75 Å². The van der Waals surface area contributed by atoms with Crippen LogP contribution in [0.3, 0.4) is 0 Å². The lowest BCUT2D eigenvalue weighted by molar-refractivity contribution is -0.112. The largest absolute Gasteiger partial charge is 0.412 e. The van der Waals surface area contributed by atoms with E-state index in [1.165, 1.54) is 0 Å². The molecule has 24 heavy (non-hydrogen) atoms. The van der Waals surface area contributed by atoms with E-state index in [1.54, 1.807) is 31.2 Å². The van der Waals surface area contributed by atoms with E-state index >= 15 is 0 Å². The molecule has 2 aromatic carbocycles. The maximum atomic E-state index is 11.8. The van der Waals surface area contributed by atoms with Crippen LogP contribution in [0.15, 0.2) is 66.7 Å². The van der Waals surface area contributed by atoms with E-state index in [0.717, 1.165) is 12.0 Å². The number of carbonyl (C=O) groups excluding carboxylic acids is 2. The topological polar surface area (TPSA) is 67.4 Å². The van der Waals surface area contributed by atoms with Gasteiger partial charge in [-0.3, -0.25) is 4.79 Å². The molecule has 0 saturated carbocycles. The Morgan fingerprint density at radius 2 is 1.83 bits per heavy atom. The lowest BCUT2D eigenvalue weighted by Gasteiger charge is -2.09. The number of anilines is 1. The smallest absolute Gasteiger partial charge is 0.410 e. The Morgan fingerprint density at radius 3 is 2.54 bits per heavy atom. The molecule has 0 atom stereocenters. The van der Waals surface area contributed by atoms with Gasteiger partial charge >= 0.3 is 6.09 Å². The first-order valence-corrected chi connectivity index (χ1v) is 7.61. The van der Waals surface area contributed by atoms with Gasteiger partial charge in [0.25, 0.3) is 5.91 Å². The van der Waals surface area contributed by atoms with Crippen LogP contribution in [-0.2, 0) is 11.2 Å². The molecule has 0 spiro atoms. The second-order valence-electron chi connectivity index (χ2n) is 5.31. The van der Waals surface area contributed by atoms with Gasteiger partial charge in [0, 0.05) is 23.9 Å². The molecule has 5 heteroatoms. The Morgan fingerprint density at radius 1 is 1.08 bits per heavy atom. The van der Waals surface area contributed by atoms with Crippen molar-refractivity contribution in [3.8, 4) is 5.75 Å². The van der Waals surface area contributed by atoms with Crippen LogP contribution in [0.1, 0.15) is 12.5 Å². The number of carbonyl (C=O) groups is 2. The van der Waals surface area contributed by atoms with Crippen molar-refractivity contribution < 1.29 is 14.3 Å². The molecule has 0 aliphatic carbocycles. The van der Waals surface area contributed by atoms with Gasteiger partial charge in [-0.2, -0.15) is 0 Å². The van der Waals surface area contributed by atoms with Gasteiger partial charge in [-0.1, -0.05) is 43.0 Å². The summed E-state index contributed by atoms with van der Waals surface area (Å²) in [6.45, 7) is 5.68. The molecule has 0 aliphatic rings. The Bertz CT molecular complexity index is 726. The summed E-state index contributed by atoms with van der Waals surface area (Å²) in [6.07, 6.45) is 0.194. The number of benzene rings is 2. The molecule has 2 amide bonds. The van der Waals surface area contributed by atoms with Crippen molar-refractivity contribution in [1.82, 2.24) is 5.32 Å². The standard InChI is InChI=1S/C19H20N2O3/c1-14(2)18(22)21-16-9-6-10-17(13-16)24-19(23)20-12-11-15-7-4-3-5-8-15/h3-10,13H,1,11-12H2,2H3,(H,20,23)(H,21,22). The summed E-state index contributed by atoms with van der Waals surface area (Å²) >= 11 is 0. The van der Waals surface area contributed by atoms with Crippen LogP contribution in [0.2, 0.25) is 0 Å². The summed E-state index contributed by atoms with van der Waals surface area (Å²) in [5, 5.41) is 5.36. The van der Waals surface area contributed by atoms with Crippen molar-refractivity contribution in [2.45, 2.75) is 13.3 Å². The van der Waals surface area contributed by atoms with Crippen molar-refractivity contribution in [1.29, 1.82) is 0 Å². The fraction of sp³-hybridized carbons (Fsp3) is 0.158. The highest BCUT2D eigenvalue weighted by Gasteiger charge is 2.07. The molecule has 0 heterocycles. The van der Waals surface area contributed by atoms with Gasteiger partial charge in [0.1, 0.15) is 5.75 Å². The summed E-state index contributed by atoms with van der Waals surface area (Å²) in [5.74, 6) is 0.0752. The number of hydrogen-bond acceptors (Lipinski definition) is 3. The van der Waals surface area contributed by atoms with E-state index in [1.807, 2.05) is 30.3 Å². The van der Waals surface area contributed by atoms with Crippen molar-refractivity contribution in [2.75, 3.05) is 11.9 Å². The Labute approximate surface area is 141 Å². The number of rotatable bonds is 6. The van der Waals surface area contributed by atoms with Crippen LogP contribution < -0.4 is 15.4 Å². The van der Waals surface area contributed by atoms with Gasteiger partial charge in [0.2, 0.25) is 0 Å². The first-order chi connectivity index (χ1) is 11.5. The molecule has 0 saturated heterocycles. The van der Waals surface area contributed by atoms with Gasteiger partial charge < -0.3 is 15.4 Å². The van der Waals surface area contributed by atoms with Crippen molar-refractivity contribution in [3.05, 3.63) is 72.3 Å². The van der Waals surface area contributed by atoms with Crippen LogP contribution in [0, 0.1) is 0 Å². The zero-order valence-electron chi connectivity index (χ0n) is 13.5. The van der Waals surface area contributed by atoms with Gasteiger partial charge in [0.15, 0.2) is 0 Å². The van der Waals surface area contributed by atoms with E-state index in [2.05, 4.69) is 17.2 Å². The number of amides is 2. The first-order valence-electron chi connectivity index (χ1n) is 7.61. The molecule has 2 rings (SSSR count). The average Bonchev–Trinajstić information content (AvgIpc) is 2.56. The molecule has 0 aromatic heterocycles. The fourth-order valence-electron chi connectivity index (χ4n) is 1.97. The predicted molar refractivity (Wildman–Crippen MR) is 94.1 cm³/mol. The molecule has 2 aromatic rings. The summed E-state index contributed by atoms with van der Waals surface area (Å²) < 4.78 is 5.21. The lowest BCUT2D eigenvalue weighted by Crippen LogP contribution is -2.28. The van der Waals surface area contributed by atoms with Crippen LogP contribution >= 0.6 is 0 Å². The molecule has 2 N–H and O–H groups in total. The maximum absolute atomic E-state index is 11.8. The molecular weight excluding hydrogens is 304 g/mol. The monoisotopic (exact) mass is 324 g/mol. The summed E-state index contributed by atoms with van der Waals surface area (Å²) in [4.78, 5) is 23.4. The minimum atomic E-state index is -0.533. The zero-order chi connectivity index (χ0) is 17.4. The minimum absolute atomic E-state index is 0.278. The van der Waals surface area contributed by atoms with E-state index in [0.29, 0.717) is 23.6 Å². The molecular formula is C19H20N2O3. The van der Waals surface area contributed by atoms with Gasteiger partial charge in [-0.15, -0.1) is 0 Å². The molecule has 0 radical (unpaired) electrons. The number of nitrogens with one attached hydrogen (secondary N) is 2. The van der Waals surface area contributed by atoms with Gasteiger partial charge in [-0.05, 0) is 31.0 Å². The lowest BCUT2D eigenvalue weighted by atomic mass is 10.1. The zero-order valence-corrected chi connectivity index (χ0v) is 13.5. The molecule has 0 fully saturated rings.